The Kier molecular flexibility index (Phi) is 8.38. The Hall–Kier alpha value is -2.48. The Morgan fingerprint density at radius 3 is 2.32 bits per heavy atom. The summed E-state index contributed by atoms with van der Waals surface area (Å²) in [7, 11) is 1.70. The number of aryl methyl sites for hydroxylation is 1. The molecule has 1 aliphatic rings. The van der Waals surface area contributed by atoms with E-state index >= 15 is 0 Å². The zero-order valence-electron chi connectivity index (χ0n) is 18.4. The lowest BCUT2D eigenvalue weighted by atomic mass is 9.88. The minimum absolute atomic E-state index is 0.845. The first-order chi connectivity index (χ1) is 13.6. The second-order valence-corrected chi connectivity index (χ2v) is 7.13. The number of nitrogens with one attached hydrogen (secondary N) is 1. The molecule has 2 nitrogen and oxygen atoms in total. The third kappa shape index (κ3) is 5.51. The fourth-order valence-corrected chi connectivity index (χ4v) is 3.53. The van der Waals surface area contributed by atoms with Gasteiger partial charge in [-0.1, -0.05) is 49.3 Å². The van der Waals surface area contributed by atoms with Crippen molar-refractivity contribution in [2.45, 2.75) is 60.4 Å². The van der Waals surface area contributed by atoms with Gasteiger partial charge in [0.05, 0.1) is 7.11 Å². The van der Waals surface area contributed by atoms with Crippen LogP contribution in [-0.2, 0) is 13.0 Å². The maximum atomic E-state index is 5.24. The number of hydrogen-bond donors (Lipinski definition) is 1. The van der Waals surface area contributed by atoms with Gasteiger partial charge in [0.25, 0.3) is 0 Å². The van der Waals surface area contributed by atoms with Crippen LogP contribution in [0.3, 0.4) is 0 Å². The number of methoxy groups -OCH3 is 1. The Balaban J connectivity index is 0.00000136. The summed E-state index contributed by atoms with van der Waals surface area (Å²) in [6, 6.07) is 12.7. The highest BCUT2D eigenvalue weighted by molar-refractivity contribution is 5.49. The molecule has 3 rings (SSSR count). The summed E-state index contributed by atoms with van der Waals surface area (Å²) in [6.07, 6.45) is 7.95. The van der Waals surface area contributed by atoms with Gasteiger partial charge in [0.2, 0.25) is 0 Å². The van der Waals surface area contributed by atoms with Gasteiger partial charge in [-0.2, -0.15) is 0 Å². The van der Waals surface area contributed by atoms with Crippen molar-refractivity contribution in [3.05, 3.63) is 82.0 Å². The summed E-state index contributed by atoms with van der Waals surface area (Å²) in [5.41, 5.74) is 9.75. The van der Waals surface area contributed by atoms with Gasteiger partial charge in [0.15, 0.2) is 0 Å². The molecule has 0 saturated carbocycles. The summed E-state index contributed by atoms with van der Waals surface area (Å²) in [5, 5.41) is 3.58. The largest absolute Gasteiger partial charge is 0.497 e. The number of hydrogen-bond acceptors (Lipinski definition) is 2. The summed E-state index contributed by atoms with van der Waals surface area (Å²) in [5.74, 6) is 0.885. The highest BCUT2D eigenvalue weighted by Crippen LogP contribution is 2.27. The quantitative estimate of drug-likeness (QED) is 0.576. The van der Waals surface area contributed by atoms with Crippen LogP contribution in [0.4, 0.5) is 5.69 Å². The smallest absolute Gasteiger partial charge is 0.119 e. The highest BCUT2D eigenvalue weighted by atomic mass is 16.5. The van der Waals surface area contributed by atoms with Crippen molar-refractivity contribution >= 4 is 5.69 Å². The molecule has 0 saturated heterocycles. The molecule has 0 fully saturated rings. The monoisotopic (exact) mass is 377 g/mol. The van der Waals surface area contributed by atoms with E-state index in [2.05, 4.69) is 62.5 Å². The second-order valence-electron chi connectivity index (χ2n) is 7.13. The first-order valence-corrected chi connectivity index (χ1v) is 10.4. The Morgan fingerprint density at radius 1 is 0.964 bits per heavy atom. The van der Waals surface area contributed by atoms with Crippen LogP contribution in [0.15, 0.2) is 59.7 Å². The molecule has 0 bridgehead atoms. The maximum Gasteiger partial charge on any atom is 0.119 e. The van der Waals surface area contributed by atoms with Crippen LogP contribution in [0.2, 0.25) is 0 Å². The van der Waals surface area contributed by atoms with Gasteiger partial charge in [-0.25, -0.2) is 0 Å². The van der Waals surface area contributed by atoms with Gasteiger partial charge >= 0.3 is 0 Å². The van der Waals surface area contributed by atoms with Crippen molar-refractivity contribution in [3.8, 4) is 5.75 Å². The van der Waals surface area contributed by atoms with Crippen LogP contribution in [-0.4, -0.2) is 7.11 Å². The lowest BCUT2D eigenvalue weighted by Crippen LogP contribution is -2.08. The van der Waals surface area contributed by atoms with E-state index in [0.717, 1.165) is 30.8 Å². The van der Waals surface area contributed by atoms with Crippen LogP contribution in [0.5, 0.6) is 5.75 Å². The van der Waals surface area contributed by atoms with Crippen molar-refractivity contribution in [3.63, 3.8) is 0 Å². The van der Waals surface area contributed by atoms with Gasteiger partial charge < -0.3 is 10.1 Å². The van der Waals surface area contributed by atoms with Crippen molar-refractivity contribution in [1.29, 1.82) is 0 Å². The number of benzene rings is 2. The number of rotatable bonds is 6. The van der Waals surface area contributed by atoms with Crippen molar-refractivity contribution in [2.24, 2.45) is 0 Å². The van der Waals surface area contributed by atoms with E-state index < -0.39 is 0 Å². The fraction of sp³-hybridized carbons (Fsp3) is 0.385. The molecule has 28 heavy (non-hydrogen) atoms. The molecule has 1 aliphatic carbocycles. The summed E-state index contributed by atoms with van der Waals surface area (Å²) in [4.78, 5) is 0. The minimum atomic E-state index is 0.845. The second kappa shape index (κ2) is 10.8. The normalized spacial score (nSPS) is 13.1. The molecule has 0 radical (unpaired) electrons. The van der Waals surface area contributed by atoms with E-state index in [-0.39, 0.29) is 0 Å². The van der Waals surface area contributed by atoms with E-state index in [1.807, 2.05) is 26.0 Å². The van der Waals surface area contributed by atoms with Crippen LogP contribution in [0.25, 0.3) is 0 Å². The average Bonchev–Trinajstić information content (AvgIpc) is 2.74. The van der Waals surface area contributed by atoms with Gasteiger partial charge in [-0.3, -0.25) is 0 Å². The van der Waals surface area contributed by atoms with E-state index in [1.54, 1.807) is 12.7 Å². The lowest BCUT2D eigenvalue weighted by molar-refractivity contribution is 0.415. The first kappa shape index (κ1) is 21.8. The standard InChI is InChI=1S/C24H29NO.C2H6/c1-17-9-10-21(15-20-8-6-5-7-18(20)2)24(19(17)3)16-25-22-11-13-23(26-4)14-12-22;1-2/h5,7,9-14,25H,6,8,15-16H2,1-4H3;1-2H3. The predicted molar refractivity (Wildman–Crippen MR) is 122 cm³/mol. The molecule has 1 N–H and O–H groups in total. The zero-order valence-corrected chi connectivity index (χ0v) is 18.4. The molecular weight excluding hydrogens is 342 g/mol. The number of ether oxygens (including phenoxy) is 1. The highest BCUT2D eigenvalue weighted by Gasteiger charge is 2.12. The summed E-state index contributed by atoms with van der Waals surface area (Å²) >= 11 is 0. The van der Waals surface area contributed by atoms with Crippen LogP contribution >= 0.6 is 0 Å². The third-order valence-corrected chi connectivity index (χ3v) is 5.47. The predicted octanol–water partition coefficient (Wildman–Crippen LogP) is 7.16. The molecule has 2 aromatic rings. The molecular formula is C26H35NO. The SMILES string of the molecule is CC.COc1ccc(NCc2c(CC3=C(C)C=CCC3)ccc(C)c2C)cc1. The topological polar surface area (TPSA) is 21.3 Å². The van der Waals surface area contributed by atoms with Crippen molar-refractivity contribution in [1.82, 2.24) is 0 Å². The molecule has 2 aromatic carbocycles. The maximum absolute atomic E-state index is 5.24. The van der Waals surface area contributed by atoms with Crippen LogP contribution in [0.1, 0.15) is 55.9 Å². The van der Waals surface area contributed by atoms with Crippen molar-refractivity contribution < 1.29 is 4.74 Å². The zero-order chi connectivity index (χ0) is 20.5. The van der Waals surface area contributed by atoms with Crippen molar-refractivity contribution in [2.75, 3.05) is 12.4 Å². The van der Waals surface area contributed by atoms with Gasteiger partial charge in [0, 0.05) is 12.2 Å². The molecule has 0 spiro atoms. The van der Waals surface area contributed by atoms with E-state index in [0.29, 0.717) is 0 Å². The molecule has 0 unspecified atom stereocenters. The van der Waals surface area contributed by atoms with Gasteiger partial charge in [-0.05, 0) is 86.6 Å². The number of allylic oxidation sites excluding steroid dienone is 4. The minimum Gasteiger partial charge on any atom is -0.497 e. The average molecular weight is 378 g/mol. The molecule has 0 atom stereocenters. The van der Waals surface area contributed by atoms with Gasteiger partial charge in [0.1, 0.15) is 5.75 Å². The first-order valence-electron chi connectivity index (χ1n) is 10.4. The van der Waals surface area contributed by atoms with Gasteiger partial charge in [-0.15, -0.1) is 0 Å². The lowest BCUT2D eigenvalue weighted by Gasteiger charge is -2.19. The molecule has 0 heterocycles. The Bertz CT molecular complexity index is 828. The number of anilines is 1. The van der Waals surface area contributed by atoms with E-state index in [4.69, 9.17) is 4.74 Å². The Morgan fingerprint density at radius 2 is 1.68 bits per heavy atom. The fourth-order valence-electron chi connectivity index (χ4n) is 3.53. The Labute approximate surface area is 171 Å². The molecule has 2 heteroatoms. The molecule has 0 aliphatic heterocycles. The van der Waals surface area contributed by atoms with E-state index in [1.165, 1.54) is 34.2 Å². The third-order valence-electron chi connectivity index (χ3n) is 5.47. The molecule has 0 aromatic heterocycles. The summed E-state index contributed by atoms with van der Waals surface area (Å²) < 4.78 is 5.24. The molecule has 0 amide bonds. The molecule has 150 valence electrons. The van der Waals surface area contributed by atoms with Crippen LogP contribution < -0.4 is 10.1 Å². The van der Waals surface area contributed by atoms with E-state index in [9.17, 15) is 0 Å². The summed E-state index contributed by atoms with van der Waals surface area (Å²) in [6.45, 7) is 11.5. The van der Waals surface area contributed by atoms with Crippen LogP contribution in [0, 0.1) is 13.8 Å².